The summed E-state index contributed by atoms with van der Waals surface area (Å²) in [5.74, 6) is 0. The van der Waals surface area contributed by atoms with E-state index in [4.69, 9.17) is 0 Å². The molecule has 0 unspecified atom stereocenters. The molecule has 0 atom stereocenters. The molecular weight excluding hydrogens is 309 g/mol. The van der Waals surface area contributed by atoms with Crippen molar-refractivity contribution in [1.82, 2.24) is 9.55 Å². The Morgan fingerprint density at radius 3 is 2.67 bits per heavy atom. The average Bonchev–Trinajstić information content (AvgIpc) is 2.69. The van der Waals surface area contributed by atoms with Gasteiger partial charge in [-0.15, -0.1) is 0 Å². The minimum absolute atomic E-state index is 0.505. The molecule has 6 heteroatoms. The lowest BCUT2D eigenvalue weighted by Gasteiger charge is -2.10. The van der Waals surface area contributed by atoms with Crippen LogP contribution in [0.4, 0.5) is 13.2 Å². The van der Waals surface area contributed by atoms with E-state index in [1.807, 2.05) is 6.92 Å². The fraction of sp³-hybridized carbons (Fsp3) is 0.250. The molecule has 0 aliphatic carbocycles. The summed E-state index contributed by atoms with van der Waals surface area (Å²) in [4.78, 5) is 4.05. The number of aromatic nitrogens is 2. The molecule has 0 bridgehead atoms. The minimum atomic E-state index is -4.33. The zero-order chi connectivity index (χ0) is 13.3. The molecule has 18 heavy (non-hydrogen) atoms. The van der Waals surface area contributed by atoms with Crippen LogP contribution >= 0.6 is 15.9 Å². The average molecular weight is 319 g/mol. The van der Waals surface area contributed by atoms with Crippen molar-refractivity contribution in [2.75, 3.05) is 0 Å². The number of alkyl halides is 3. The number of hydrogen-bond donors (Lipinski definition) is 0. The second kappa shape index (κ2) is 4.76. The summed E-state index contributed by atoms with van der Waals surface area (Å²) in [5.41, 5.74) is 0.514. The maximum atomic E-state index is 12.6. The van der Waals surface area contributed by atoms with Gasteiger partial charge in [-0.2, -0.15) is 13.2 Å². The van der Waals surface area contributed by atoms with Gasteiger partial charge in [-0.25, -0.2) is 4.98 Å². The number of hydrogen-bond acceptors (Lipinski definition) is 1. The third-order valence-corrected chi connectivity index (χ3v) is 3.24. The molecule has 0 spiro atoms. The Bertz CT molecular complexity index is 561. The molecular formula is C12H10BrF3N2. The molecule has 1 aromatic heterocycles. The van der Waals surface area contributed by atoms with Gasteiger partial charge in [-0.05, 0) is 35.0 Å². The summed E-state index contributed by atoms with van der Waals surface area (Å²) >= 11 is 3.26. The van der Waals surface area contributed by atoms with Gasteiger partial charge in [0.05, 0.1) is 17.5 Å². The highest BCUT2D eigenvalue weighted by atomic mass is 79.9. The maximum Gasteiger partial charge on any atom is 0.416 e. The van der Waals surface area contributed by atoms with Crippen LogP contribution in [0.15, 0.2) is 35.2 Å². The Balaban J connectivity index is 2.51. The van der Waals surface area contributed by atoms with Crippen LogP contribution < -0.4 is 0 Å². The van der Waals surface area contributed by atoms with Gasteiger partial charge in [-0.1, -0.05) is 12.1 Å². The first kappa shape index (κ1) is 13.1. The van der Waals surface area contributed by atoms with Crippen LogP contribution in [0, 0.1) is 0 Å². The van der Waals surface area contributed by atoms with Gasteiger partial charge in [-0.3, -0.25) is 0 Å². The molecule has 0 N–H and O–H groups in total. The van der Waals surface area contributed by atoms with E-state index in [9.17, 15) is 13.2 Å². The van der Waals surface area contributed by atoms with Gasteiger partial charge in [0.1, 0.15) is 0 Å². The van der Waals surface area contributed by atoms with E-state index in [0.29, 0.717) is 22.5 Å². The smallest absolute Gasteiger partial charge is 0.319 e. The van der Waals surface area contributed by atoms with Crippen LogP contribution in [0.1, 0.15) is 12.5 Å². The number of halogens is 4. The van der Waals surface area contributed by atoms with Crippen LogP contribution in [0.3, 0.4) is 0 Å². The van der Waals surface area contributed by atoms with E-state index in [1.165, 1.54) is 6.07 Å². The molecule has 0 saturated heterocycles. The minimum Gasteiger partial charge on any atom is -0.319 e. The van der Waals surface area contributed by atoms with Crippen molar-refractivity contribution >= 4 is 15.9 Å². The van der Waals surface area contributed by atoms with Crippen molar-refractivity contribution in [3.63, 3.8) is 0 Å². The second-order valence-electron chi connectivity index (χ2n) is 3.74. The standard InChI is InChI=1S/C12H10BrF3N2/c1-2-18-10(7-17-11(18)13)8-4-3-5-9(6-8)12(14,15)16/h3-7H,2H2,1H3. The molecule has 0 aliphatic rings. The molecule has 96 valence electrons. The lowest BCUT2D eigenvalue weighted by atomic mass is 10.1. The van der Waals surface area contributed by atoms with Gasteiger partial charge in [0.15, 0.2) is 4.73 Å². The molecule has 2 aromatic rings. The molecule has 0 amide bonds. The Morgan fingerprint density at radius 2 is 2.06 bits per heavy atom. The van der Waals surface area contributed by atoms with E-state index >= 15 is 0 Å². The van der Waals surface area contributed by atoms with Gasteiger partial charge < -0.3 is 4.57 Å². The third kappa shape index (κ3) is 2.43. The second-order valence-corrected chi connectivity index (χ2v) is 4.44. The number of nitrogens with zero attached hydrogens (tertiary/aromatic N) is 2. The third-order valence-electron chi connectivity index (χ3n) is 2.61. The molecule has 0 saturated carbocycles. The van der Waals surface area contributed by atoms with Crippen molar-refractivity contribution in [1.29, 1.82) is 0 Å². The van der Waals surface area contributed by atoms with Crippen LogP contribution in [0.2, 0.25) is 0 Å². The topological polar surface area (TPSA) is 17.8 Å². The van der Waals surface area contributed by atoms with Crippen molar-refractivity contribution < 1.29 is 13.2 Å². The van der Waals surface area contributed by atoms with E-state index in [1.54, 1.807) is 16.8 Å². The Labute approximate surface area is 111 Å². The Kier molecular flexibility index (Phi) is 3.47. The summed E-state index contributed by atoms with van der Waals surface area (Å²) < 4.78 is 40.3. The predicted molar refractivity (Wildman–Crippen MR) is 66.0 cm³/mol. The summed E-state index contributed by atoms with van der Waals surface area (Å²) in [6.07, 6.45) is -2.77. The van der Waals surface area contributed by atoms with Crippen LogP contribution in [0.5, 0.6) is 0 Å². The monoisotopic (exact) mass is 318 g/mol. The van der Waals surface area contributed by atoms with Crippen molar-refractivity contribution in [3.05, 3.63) is 40.8 Å². The zero-order valence-corrected chi connectivity index (χ0v) is 11.1. The largest absolute Gasteiger partial charge is 0.416 e. The first-order chi connectivity index (χ1) is 8.43. The fourth-order valence-electron chi connectivity index (χ4n) is 1.74. The summed E-state index contributed by atoms with van der Waals surface area (Å²) in [7, 11) is 0. The first-order valence-corrected chi connectivity index (χ1v) is 6.11. The molecule has 1 heterocycles. The normalized spacial score (nSPS) is 11.8. The van der Waals surface area contributed by atoms with Gasteiger partial charge in [0, 0.05) is 12.1 Å². The fourth-order valence-corrected chi connectivity index (χ4v) is 2.28. The predicted octanol–water partition coefficient (Wildman–Crippen LogP) is 4.35. The molecule has 0 radical (unpaired) electrons. The zero-order valence-electron chi connectivity index (χ0n) is 9.50. The summed E-state index contributed by atoms with van der Waals surface area (Å²) in [5, 5.41) is 0. The summed E-state index contributed by atoms with van der Waals surface area (Å²) in [6.45, 7) is 2.54. The maximum absolute atomic E-state index is 12.6. The van der Waals surface area contributed by atoms with Crippen molar-refractivity contribution in [2.24, 2.45) is 0 Å². The molecule has 1 aromatic carbocycles. The number of rotatable bonds is 2. The highest BCUT2D eigenvalue weighted by Crippen LogP contribution is 2.32. The van der Waals surface area contributed by atoms with Crippen molar-refractivity contribution in [2.45, 2.75) is 19.6 Å². The first-order valence-electron chi connectivity index (χ1n) is 5.32. The van der Waals surface area contributed by atoms with Crippen molar-refractivity contribution in [3.8, 4) is 11.3 Å². The van der Waals surface area contributed by atoms with E-state index in [-0.39, 0.29) is 0 Å². The van der Waals surface area contributed by atoms with Gasteiger partial charge in [0.25, 0.3) is 0 Å². The van der Waals surface area contributed by atoms with Gasteiger partial charge in [0.2, 0.25) is 0 Å². The van der Waals surface area contributed by atoms with E-state index in [2.05, 4.69) is 20.9 Å². The molecule has 0 fully saturated rings. The van der Waals surface area contributed by atoms with Crippen LogP contribution in [-0.2, 0) is 12.7 Å². The molecule has 2 nitrogen and oxygen atoms in total. The number of benzene rings is 1. The van der Waals surface area contributed by atoms with Gasteiger partial charge >= 0.3 is 6.18 Å². The highest BCUT2D eigenvalue weighted by Gasteiger charge is 2.30. The molecule has 0 aliphatic heterocycles. The van der Waals surface area contributed by atoms with E-state index < -0.39 is 11.7 Å². The van der Waals surface area contributed by atoms with Crippen LogP contribution in [0.25, 0.3) is 11.3 Å². The van der Waals surface area contributed by atoms with Crippen LogP contribution in [-0.4, -0.2) is 9.55 Å². The Morgan fingerprint density at radius 1 is 1.33 bits per heavy atom. The summed E-state index contributed by atoms with van der Waals surface area (Å²) in [6, 6.07) is 5.24. The lowest BCUT2D eigenvalue weighted by molar-refractivity contribution is -0.137. The highest BCUT2D eigenvalue weighted by molar-refractivity contribution is 9.10. The lowest BCUT2D eigenvalue weighted by Crippen LogP contribution is -2.05. The quantitative estimate of drug-likeness (QED) is 0.804. The van der Waals surface area contributed by atoms with E-state index in [0.717, 1.165) is 12.1 Å². The molecule has 2 rings (SSSR count). The Hall–Kier alpha value is -1.30. The SMILES string of the molecule is CCn1c(-c2cccc(C(F)(F)F)c2)cnc1Br. The number of imidazole rings is 1.